The lowest BCUT2D eigenvalue weighted by atomic mass is 10.0. The fourth-order valence-electron chi connectivity index (χ4n) is 2.29. The van der Waals surface area contributed by atoms with E-state index in [1.807, 2.05) is 6.07 Å². The number of carbonyl (C=O) groups is 1. The monoisotopic (exact) mass is 317 g/mol. The first-order valence-electron chi connectivity index (χ1n) is 6.98. The molecule has 0 aliphatic heterocycles. The van der Waals surface area contributed by atoms with Gasteiger partial charge in [-0.1, -0.05) is 6.07 Å². The Hall–Kier alpha value is -2.89. The number of hydrogen-bond donors (Lipinski definition) is 3. The number of carbonyl (C=O) groups excluding carboxylic acids is 1. The molecule has 0 radical (unpaired) electrons. The fraction of sp³-hybridized carbons (Fsp3) is 0.235. The molecule has 0 saturated carbocycles. The van der Waals surface area contributed by atoms with Crippen LogP contribution < -0.4 is 14.8 Å². The van der Waals surface area contributed by atoms with Crippen molar-refractivity contribution in [3.8, 4) is 23.0 Å². The maximum Gasteiger partial charge on any atom is 0.254 e. The van der Waals surface area contributed by atoms with Crippen LogP contribution in [-0.2, 0) is 6.42 Å². The standard InChI is InChI=1S/C17H19NO5/c1-18-17(21)12-8-11(13(19)9-14(12)20)6-10-4-5-15(22-2)16(7-10)23-3/h4-5,7-9,19-20H,6H2,1-3H3,(H,18,21). The zero-order chi connectivity index (χ0) is 17.0. The maximum absolute atomic E-state index is 11.7. The van der Waals surface area contributed by atoms with Crippen molar-refractivity contribution >= 4 is 5.91 Å². The summed E-state index contributed by atoms with van der Waals surface area (Å²) < 4.78 is 10.4. The Bertz CT molecular complexity index is 727. The summed E-state index contributed by atoms with van der Waals surface area (Å²) in [6, 6.07) is 8.05. The van der Waals surface area contributed by atoms with Crippen LogP contribution in [0.5, 0.6) is 23.0 Å². The first-order valence-corrected chi connectivity index (χ1v) is 6.98. The third kappa shape index (κ3) is 3.48. The van der Waals surface area contributed by atoms with Gasteiger partial charge in [0.15, 0.2) is 11.5 Å². The minimum atomic E-state index is -0.420. The van der Waals surface area contributed by atoms with Crippen LogP contribution in [-0.4, -0.2) is 37.4 Å². The third-order valence-electron chi connectivity index (χ3n) is 3.51. The largest absolute Gasteiger partial charge is 0.508 e. The molecule has 3 N–H and O–H groups in total. The van der Waals surface area contributed by atoms with Crippen molar-refractivity contribution in [1.82, 2.24) is 5.32 Å². The van der Waals surface area contributed by atoms with Crippen LogP contribution in [0.15, 0.2) is 30.3 Å². The highest BCUT2D eigenvalue weighted by atomic mass is 16.5. The van der Waals surface area contributed by atoms with Gasteiger partial charge in [-0.2, -0.15) is 0 Å². The molecule has 0 fully saturated rings. The number of methoxy groups -OCH3 is 2. The van der Waals surface area contributed by atoms with E-state index in [1.165, 1.54) is 19.2 Å². The van der Waals surface area contributed by atoms with Gasteiger partial charge < -0.3 is 25.0 Å². The molecule has 0 unspecified atom stereocenters. The highest BCUT2D eigenvalue weighted by molar-refractivity contribution is 5.97. The normalized spacial score (nSPS) is 10.2. The lowest BCUT2D eigenvalue weighted by Crippen LogP contribution is -2.18. The summed E-state index contributed by atoms with van der Waals surface area (Å²) in [6.45, 7) is 0. The molecule has 0 aliphatic carbocycles. The smallest absolute Gasteiger partial charge is 0.254 e. The molecule has 6 nitrogen and oxygen atoms in total. The Morgan fingerprint density at radius 3 is 2.35 bits per heavy atom. The van der Waals surface area contributed by atoms with Gasteiger partial charge in [-0.3, -0.25) is 4.79 Å². The van der Waals surface area contributed by atoms with E-state index in [0.717, 1.165) is 5.56 Å². The number of benzene rings is 2. The van der Waals surface area contributed by atoms with Gasteiger partial charge in [0.2, 0.25) is 0 Å². The Labute approximate surface area is 134 Å². The average Bonchev–Trinajstić information content (AvgIpc) is 2.56. The van der Waals surface area contributed by atoms with Crippen LogP contribution in [0.4, 0.5) is 0 Å². The predicted octanol–water partition coefficient (Wildman–Crippen LogP) is 2.07. The van der Waals surface area contributed by atoms with E-state index in [0.29, 0.717) is 23.5 Å². The highest BCUT2D eigenvalue weighted by Crippen LogP contribution is 2.32. The molecule has 0 aromatic heterocycles. The molecular formula is C17H19NO5. The first-order chi connectivity index (χ1) is 11.0. The van der Waals surface area contributed by atoms with Gasteiger partial charge in [0.1, 0.15) is 11.5 Å². The van der Waals surface area contributed by atoms with E-state index >= 15 is 0 Å². The molecule has 23 heavy (non-hydrogen) atoms. The van der Waals surface area contributed by atoms with Crippen molar-refractivity contribution < 1.29 is 24.5 Å². The zero-order valence-corrected chi connectivity index (χ0v) is 13.2. The van der Waals surface area contributed by atoms with Crippen molar-refractivity contribution in [2.75, 3.05) is 21.3 Å². The van der Waals surface area contributed by atoms with Gasteiger partial charge in [0, 0.05) is 19.5 Å². The van der Waals surface area contributed by atoms with Gasteiger partial charge in [0.25, 0.3) is 5.91 Å². The van der Waals surface area contributed by atoms with Gasteiger partial charge in [-0.15, -0.1) is 0 Å². The van der Waals surface area contributed by atoms with Crippen molar-refractivity contribution in [2.24, 2.45) is 0 Å². The third-order valence-corrected chi connectivity index (χ3v) is 3.51. The van der Waals surface area contributed by atoms with Crippen LogP contribution in [0.3, 0.4) is 0 Å². The molecule has 2 aromatic carbocycles. The van der Waals surface area contributed by atoms with Gasteiger partial charge in [-0.05, 0) is 29.3 Å². The molecule has 0 bridgehead atoms. The molecule has 2 aromatic rings. The topological polar surface area (TPSA) is 88.0 Å². The number of phenolic OH excluding ortho intramolecular Hbond substituents is 2. The van der Waals surface area contributed by atoms with Gasteiger partial charge in [0.05, 0.1) is 19.8 Å². The molecule has 0 heterocycles. The van der Waals surface area contributed by atoms with E-state index in [2.05, 4.69) is 5.32 Å². The summed E-state index contributed by atoms with van der Waals surface area (Å²) in [6.07, 6.45) is 0.371. The van der Waals surface area contributed by atoms with E-state index in [-0.39, 0.29) is 17.1 Å². The molecule has 1 amide bonds. The summed E-state index contributed by atoms with van der Waals surface area (Å²) in [4.78, 5) is 11.7. The zero-order valence-electron chi connectivity index (χ0n) is 13.2. The number of aromatic hydroxyl groups is 2. The van der Waals surface area contributed by atoms with Crippen LogP contribution in [0.25, 0.3) is 0 Å². The summed E-state index contributed by atoms with van der Waals surface area (Å²) in [5.41, 5.74) is 1.50. The van der Waals surface area contributed by atoms with Crippen molar-refractivity contribution in [3.05, 3.63) is 47.0 Å². The number of rotatable bonds is 5. The quantitative estimate of drug-likeness (QED) is 0.785. The Kier molecular flexibility index (Phi) is 4.95. The minimum absolute atomic E-state index is 0.0788. The molecule has 0 saturated heterocycles. The Morgan fingerprint density at radius 2 is 1.74 bits per heavy atom. The second kappa shape index (κ2) is 6.91. The van der Waals surface area contributed by atoms with Gasteiger partial charge in [-0.25, -0.2) is 0 Å². The van der Waals surface area contributed by atoms with Crippen LogP contribution >= 0.6 is 0 Å². The van der Waals surface area contributed by atoms with E-state index < -0.39 is 5.91 Å². The van der Waals surface area contributed by atoms with E-state index in [9.17, 15) is 15.0 Å². The van der Waals surface area contributed by atoms with Crippen LogP contribution in [0.1, 0.15) is 21.5 Å². The summed E-state index contributed by atoms with van der Waals surface area (Å²) in [5, 5.41) is 22.2. The first kappa shape index (κ1) is 16.5. The Morgan fingerprint density at radius 1 is 1.04 bits per heavy atom. The number of phenols is 2. The number of hydrogen-bond acceptors (Lipinski definition) is 5. The summed E-state index contributed by atoms with van der Waals surface area (Å²) in [7, 11) is 4.57. The summed E-state index contributed by atoms with van der Waals surface area (Å²) in [5.74, 6) is 0.422. The number of ether oxygens (including phenoxy) is 2. The Balaban J connectivity index is 2.38. The second-order valence-corrected chi connectivity index (χ2v) is 4.94. The molecule has 122 valence electrons. The molecule has 0 aliphatic rings. The van der Waals surface area contributed by atoms with Crippen LogP contribution in [0.2, 0.25) is 0 Å². The lowest BCUT2D eigenvalue weighted by molar-refractivity contribution is 0.0960. The molecular weight excluding hydrogens is 298 g/mol. The van der Waals surface area contributed by atoms with Crippen molar-refractivity contribution in [2.45, 2.75) is 6.42 Å². The number of nitrogens with one attached hydrogen (secondary N) is 1. The van der Waals surface area contributed by atoms with Gasteiger partial charge >= 0.3 is 0 Å². The van der Waals surface area contributed by atoms with Crippen molar-refractivity contribution in [1.29, 1.82) is 0 Å². The molecule has 6 heteroatoms. The average molecular weight is 317 g/mol. The van der Waals surface area contributed by atoms with E-state index in [4.69, 9.17) is 9.47 Å². The predicted molar refractivity (Wildman–Crippen MR) is 85.5 cm³/mol. The van der Waals surface area contributed by atoms with Crippen molar-refractivity contribution in [3.63, 3.8) is 0 Å². The number of amides is 1. The molecule has 0 spiro atoms. The van der Waals surface area contributed by atoms with Crippen LogP contribution in [0, 0.1) is 0 Å². The lowest BCUT2D eigenvalue weighted by Gasteiger charge is -2.12. The highest BCUT2D eigenvalue weighted by Gasteiger charge is 2.15. The van der Waals surface area contributed by atoms with E-state index in [1.54, 1.807) is 26.4 Å². The SMILES string of the molecule is CNC(=O)c1cc(Cc2ccc(OC)c(OC)c2)c(O)cc1O. The minimum Gasteiger partial charge on any atom is -0.508 e. The second-order valence-electron chi connectivity index (χ2n) is 4.94. The summed E-state index contributed by atoms with van der Waals surface area (Å²) >= 11 is 0. The molecule has 2 rings (SSSR count). The maximum atomic E-state index is 11.7. The molecule has 0 atom stereocenters. The fourth-order valence-corrected chi connectivity index (χ4v) is 2.29.